The van der Waals surface area contributed by atoms with Crippen molar-refractivity contribution < 1.29 is 27.5 Å². The molecule has 0 aromatic heterocycles. The lowest BCUT2D eigenvalue weighted by Crippen LogP contribution is -2.47. The fourth-order valence-electron chi connectivity index (χ4n) is 4.07. The van der Waals surface area contributed by atoms with Crippen molar-refractivity contribution in [3.8, 4) is 5.75 Å². The van der Waals surface area contributed by atoms with Crippen molar-refractivity contribution in [1.29, 1.82) is 0 Å². The van der Waals surface area contributed by atoms with Gasteiger partial charge in [0, 0.05) is 18.2 Å². The Morgan fingerprint density at radius 3 is 2.27 bits per heavy atom. The summed E-state index contributed by atoms with van der Waals surface area (Å²) in [6, 6.07) is 14.5. The molecule has 33 heavy (non-hydrogen) atoms. The number of carbonyl (C=O) groups is 2. The molecule has 3 aromatic carbocycles. The number of nitrogens with one attached hydrogen (secondary N) is 1. The second kappa shape index (κ2) is 9.36. The Bertz CT molecular complexity index is 1170. The Kier molecular flexibility index (Phi) is 6.35. The number of hydrogen-bond donors (Lipinski definition) is 1. The molecule has 1 fully saturated rings. The molecule has 1 heterocycles. The summed E-state index contributed by atoms with van der Waals surface area (Å²) >= 11 is 0. The predicted molar refractivity (Wildman–Crippen MR) is 117 cm³/mol. The molecule has 8 heteroatoms. The van der Waals surface area contributed by atoms with Gasteiger partial charge in [0.15, 0.2) is 0 Å². The van der Waals surface area contributed by atoms with E-state index < -0.39 is 35.3 Å². The van der Waals surface area contributed by atoms with Crippen molar-refractivity contribution in [1.82, 2.24) is 0 Å². The highest BCUT2D eigenvalue weighted by Gasteiger charge is 2.41. The van der Waals surface area contributed by atoms with Crippen LogP contribution in [0.4, 0.5) is 24.5 Å². The first-order valence-electron chi connectivity index (χ1n) is 10.3. The van der Waals surface area contributed by atoms with E-state index in [1.54, 1.807) is 24.3 Å². The van der Waals surface area contributed by atoms with Crippen LogP contribution in [0.5, 0.6) is 5.75 Å². The van der Waals surface area contributed by atoms with Gasteiger partial charge < -0.3 is 15.0 Å². The number of anilines is 2. The molecule has 1 aliphatic heterocycles. The summed E-state index contributed by atoms with van der Waals surface area (Å²) in [5.41, 5.74) is 0.938. The first kappa shape index (κ1) is 22.4. The molecule has 1 N–H and O–H groups in total. The molecule has 0 radical (unpaired) electrons. The Balaban J connectivity index is 1.73. The molecule has 3 aromatic rings. The lowest BCUT2D eigenvalue weighted by molar-refractivity contribution is -0.126. The minimum atomic E-state index is -0.902. The van der Waals surface area contributed by atoms with Crippen LogP contribution in [0.2, 0.25) is 0 Å². The monoisotopic (exact) mass is 454 g/mol. The average molecular weight is 454 g/mol. The van der Waals surface area contributed by atoms with Gasteiger partial charge in [-0.3, -0.25) is 9.59 Å². The minimum absolute atomic E-state index is 0.0910. The van der Waals surface area contributed by atoms with Crippen LogP contribution in [-0.2, 0) is 9.59 Å². The number of methoxy groups -OCH3 is 1. The molecular weight excluding hydrogens is 433 g/mol. The van der Waals surface area contributed by atoms with Crippen molar-refractivity contribution in [2.45, 2.75) is 18.9 Å². The zero-order chi connectivity index (χ0) is 23.5. The van der Waals surface area contributed by atoms with Gasteiger partial charge in [-0.25, -0.2) is 13.2 Å². The first-order chi connectivity index (χ1) is 15.9. The Morgan fingerprint density at radius 1 is 0.970 bits per heavy atom. The Labute approximate surface area is 188 Å². The van der Waals surface area contributed by atoms with E-state index in [1.165, 1.54) is 36.3 Å². The van der Waals surface area contributed by atoms with E-state index in [0.29, 0.717) is 23.1 Å². The lowest BCUT2D eigenvalue weighted by Gasteiger charge is -2.41. The van der Waals surface area contributed by atoms with Gasteiger partial charge in [-0.1, -0.05) is 12.1 Å². The van der Waals surface area contributed by atoms with Crippen LogP contribution < -0.4 is 15.0 Å². The third kappa shape index (κ3) is 4.69. The molecule has 5 nitrogen and oxygen atoms in total. The molecule has 2 unspecified atom stereocenters. The molecule has 0 aliphatic carbocycles. The van der Waals surface area contributed by atoms with Crippen LogP contribution >= 0.6 is 0 Å². The molecule has 4 rings (SSSR count). The van der Waals surface area contributed by atoms with Gasteiger partial charge in [0.2, 0.25) is 11.8 Å². The quantitative estimate of drug-likeness (QED) is 0.574. The van der Waals surface area contributed by atoms with Gasteiger partial charge >= 0.3 is 0 Å². The summed E-state index contributed by atoms with van der Waals surface area (Å²) in [6.07, 6.45) is 0.301. The third-order valence-corrected chi connectivity index (χ3v) is 5.69. The van der Waals surface area contributed by atoms with Crippen molar-refractivity contribution in [2.24, 2.45) is 5.92 Å². The van der Waals surface area contributed by atoms with Gasteiger partial charge in [-0.2, -0.15) is 0 Å². The normalized spacial score (nSPS) is 18.2. The van der Waals surface area contributed by atoms with Crippen molar-refractivity contribution in [2.75, 3.05) is 17.3 Å². The molecule has 2 atom stereocenters. The van der Waals surface area contributed by atoms with Gasteiger partial charge in [0.1, 0.15) is 23.2 Å². The third-order valence-electron chi connectivity index (χ3n) is 5.69. The van der Waals surface area contributed by atoms with E-state index in [-0.39, 0.29) is 24.4 Å². The molecule has 0 saturated carbocycles. The van der Waals surface area contributed by atoms with Crippen LogP contribution in [0.25, 0.3) is 0 Å². The van der Waals surface area contributed by atoms with Gasteiger partial charge in [0.05, 0.1) is 24.8 Å². The second-order valence-corrected chi connectivity index (χ2v) is 7.72. The van der Waals surface area contributed by atoms with E-state index in [4.69, 9.17) is 4.74 Å². The first-order valence-corrected chi connectivity index (χ1v) is 10.3. The number of rotatable bonds is 5. The summed E-state index contributed by atoms with van der Waals surface area (Å²) in [4.78, 5) is 27.7. The van der Waals surface area contributed by atoms with E-state index in [2.05, 4.69) is 5.32 Å². The van der Waals surface area contributed by atoms with Crippen LogP contribution in [0.1, 0.15) is 24.4 Å². The molecule has 170 valence electrons. The van der Waals surface area contributed by atoms with Crippen molar-refractivity contribution in [3.05, 3.63) is 89.7 Å². The zero-order valence-electron chi connectivity index (χ0n) is 17.7. The minimum Gasteiger partial charge on any atom is -0.497 e. The fourth-order valence-corrected chi connectivity index (χ4v) is 4.07. The summed E-state index contributed by atoms with van der Waals surface area (Å²) in [5.74, 6) is -3.01. The van der Waals surface area contributed by atoms with Crippen LogP contribution in [-0.4, -0.2) is 18.9 Å². The number of amides is 2. The molecule has 2 amide bonds. The largest absolute Gasteiger partial charge is 0.497 e. The number of ether oxygens (including phenoxy) is 1. The van der Waals surface area contributed by atoms with E-state index in [0.717, 1.165) is 12.1 Å². The predicted octanol–water partition coefficient (Wildman–Crippen LogP) is 5.24. The maximum atomic E-state index is 14.1. The van der Waals surface area contributed by atoms with Crippen molar-refractivity contribution in [3.63, 3.8) is 0 Å². The van der Waals surface area contributed by atoms with Crippen LogP contribution in [0.3, 0.4) is 0 Å². The van der Waals surface area contributed by atoms with E-state index in [9.17, 15) is 22.8 Å². The standard InChI is InChI=1S/C25H21F3N2O3/c1-33-19-9-7-18(8-10-19)30-23(31)13-11-20(24(30)15-2-4-16(26)5-3-15)25(32)29-22-12-6-17(27)14-21(22)28/h2-10,12,14,20,24H,11,13H2,1H3,(H,29,32). The summed E-state index contributed by atoms with van der Waals surface area (Å²) in [5, 5.41) is 2.51. The Hall–Kier alpha value is -3.81. The number of piperidine rings is 1. The lowest BCUT2D eigenvalue weighted by atomic mass is 9.83. The zero-order valence-corrected chi connectivity index (χ0v) is 17.7. The van der Waals surface area contributed by atoms with Crippen LogP contribution in [0.15, 0.2) is 66.7 Å². The van der Waals surface area contributed by atoms with E-state index >= 15 is 0 Å². The molecule has 0 spiro atoms. The number of benzene rings is 3. The fraction of sp³-hybridized carbons (Fsp3) is 0.200. The molecule has 1 aliphatic rings. The average Bonchev–Trinajstić information content (AvgIpc) is 2.81. The smallest absolute Gasteiger partial charge is 0.230 e. The topological polar surface area (TPSA) is 58.6 Å². The van der Waals surface area contributed by atoms with Gasteiger partial charge in [-0.05, 0) is 60.5 Å². The van der Waals surface area contributed by atoms with Gasteiger partial charge in [0.25, 0.3) is 0 Å². The number of carbonyl (C=O) groups excluding carboxylic acids is 2. The SMILES string of the molecule is COc1ccc(N2C(=O)CCC(C(=O)Nc3ccc(F)cc3F)C2c2ccc(F)cc2)cc1. The number of hydrogen-bond acceptors (Lipinski definition) is 3. The number of halogens is 3. The highest BCUT2D eigenvalue weighted by Crippen LogP contribution is 2.41. The molecule has 0 bridgehead atoms. The maximum absolute atomic E-state index is 14.1. The number of nitrogens with zero attached hydrogens (tertiary/aromatic N) is 1. The maximum Gasteiger partial charge on any atom is 0.230 e. The second-order valence-electron chi connectivity index (χ2n) is 7.72. The van der Waals surface area contributed by atoms with Crippen molar-refractivity contribution >= 4 is 23.2 Å². The summed E-state index contributed by atoms with van der Waals surface area (Å²) in [6.45, 7) is 0. The molecule has 1 saturated heterocycles. The highest BCUT2D eigenvalue weighted by atomic mass is 19.1. The highest BCUT2D eigenvalue weighted by molar-refractivity contribution is 6.00. The summed E-state index contributed by atoms with van der Waals surface area (Å²) < 4.78 is 46.2. The molecular formula is C25H21F3N2O3. The van der Waals surface area contributed by atoms with Crippen LogP contribution in [0, 0.1) is 23.4 Å². The van der Waals surface area contributed by atoms with Gasteiger partial charge in [-0.15, -0.1) is 0 Å². The van der Waals surface area contributed by atoms with E-state index in [1.807, 2.05) is 0 Å². The summed E-state index contributed by atoms with van der Waals surface area (Å²) in [7, 11) is 1.53. The Morgan fingerprint density at radius 2 is 1.64 bits per heavy atom.